The van der Waals surface area contributed by atoms with Crippen LogP contribution in [0.3, 0.4) is 0 Å². The van der Waals surface area contributed by atoms with Gasteiger partial charge in [0.1, 0.15) is 5.78 Å². The Morgan fingerprint density at radius 1 is 1.42 bits per heavy atom. The first-order valence-electron chi connectivity index (χ1n) is 9.46. The molecule has 4 aliphatic rings. The van der Waals surface area contributed by atoms with Gasteiger partial charge in [-0.2, -0.15) is 0 Å². The zero-order chi connectivity index (χ0) is 18.7. The van der Waals surface area contributed by atoms with Crippen LogP contribution < -0.4 is 0 Å². The van der Waals surface area contributed by atoms with E-state index in [-0.39, 0.29) is 29.3 Å². The van der Waals surface area contributed by atoms with Crippen molar-refractivity contribution in [3.63, 3.8) is 0 Å². The molecule has 6 nitrogen and oxygen atoms in total. The zero-order valence-electron chi connectivity index (χ0n) is 15.3. The van der Waals surface area contributed by atoms with Gasteiger partial charge < -0.3 is 9.84 Å². The fraction of sp³-hybridized carbons (Fsp3) is 0.700. The van der Waals surface area contributed by atoms with Gasteiger partial charge >= 0.3 is 12.2 Å². The molecule has 3 saturated carbocycles. The van der Waals surface area contributed by atoms with Crippen molar-refractivity contribution in [2.45, 2.75) is 51.9 Å². The Kier molecular flexibility index (Phi) is 3.76. The Bertz CT molecular complexity index is 792. The lowest BCUT2D eigenvalue weighted by Crippen LogP contribution is -2.45. The minimum atomic E-state index is -0.696. The zero-order valence-corrected chi connectivity index (χ0v) is 15.3. The molecule has 0 aromatic rings. The molecule has 0 unspecified atom stereocenters. The predicted molar refractivity (Wildman–Crippen MR) is 93.2 cm³/mol. The highest BCUT2D eigenvalue weighted by Gasteiger charge is 2.67. The molecule has 3 fully saturated rings. The van der Waals surface area contributed by atoms with Gasteiger partial charge in [0.2, 0.25) is 5.39 Å². The van der Waals surface area contributed by atoms with E-state index in [1.54, 1.807) is 0 Å². The van der Waals surface area contributed by atoms with Crippen LogP contribution in [0.25, 0.3) is 4.98 Å². The highest BCUT2D eigenvalue weighted by atomic mass is 16.5. The molecule has 26 heavy (non-hydrogen) atoms. The van der Waals surface area contributed by atoms with Crippen LogP contribution in [0.4, 0.5) is 0 Å². The van der Waals surface area contributed by atoms with Gasteiger partial charge in [-0.15, -0.1) is 0 Å². The highest BCUT2D eigenvalue weighted by molar-refractivity contribution is 5.89. The Balaban J connectivity index is 1.91. The molecule has 4 aliphatic carbocycles. The molecule has 138 valence electrons. The number of ether oxygens (including phenoxy) is 1. The lowest BCUT2D eigenvalue weighted by Gasteiger charge is -2.44. The van der Waals surface area contributed by atoms with Gasteiger partial charge in [0, 0.05) is 29.1 Å². The van der Waals surface area contributed by atoms with Crippen molar-refractivity contribution in [3.8, 4) is 0 Å². The van der Waals surface area contributed by atoms with Crippen molar-refractivity contribution in [1.82, 2.24) is 0 Å². The van der Waals surface area contributed by atoms with Crippen molar-refractivity contribution in [3.05, 3.63) is 28.1 Å². The van der Waals surface area contributed by atoms with Gasteiger partial charge in [-0.1, -0.05) is 18.1 Å². The number of diazo groups is 1. The number of aliphatic hydroxyl groups is 1. The average molecular weight is 357 g/mol. The number of allylic oxidation sites excluding steroid dienone is 3. The van der Waals surface area contributed by atoms with Gasteiger partial charge in [-0.3, -0.25) is 9.59 Å². The maximum atomic E-state index is 12.9. The summed E-state index contributed by atoms with van der Waals surface area (Å²) in [6.45, 7) is 1.94. The summed E-state index contributed by atoms with van der Waals surface area (Å²) in [5.74, 6) is -0.644. The van der Waals surface area contributed by atoms with Crippen molar-refractivity contribution < 1.29 is 19.4 Å². The molecule has 1 spiro atoms. The SMILES string of the molecule is COC(=O)[C@H]1[C@H]2C(=C3CC[C@@H]4C[C@@]31CC4=O)CCC[C@@]2(C)/C(O)=C\[N+]#N. The van der Waals surface area contributed by atoms with Crippen molar-refractivity contribution in [2.75, 3.05) is 7.11 Å². The van der Waals surface area contributed by atoms with Crippen LogP contribution >= 0.6 is 0 Å². The van der Waals surface area contributed by atoms with Crippen molar-refractivity contribution >= 4 is 11.8 Å². The fourth-order valence-corrected chi connectivity index (χ4v) is 6.59. The van der Waals surface area contributed by atoms with Crippen LogP contribution in [0.15, 0.2) is 23.1 Å². The Hall–Kier alpha value is -2.16. The molecule has 0 aliphatic heterocycles. The smallest absolute Gasteiger partial charge is 0.387 e. The van der Waals surface area contributed by atoms with E-state index in [0.29, 0.717) is 12.8 Å². The standard InChI is InChI=1S/C20H24N2O4/c1-19(15(24)10-22-21)7-3-4-12-13-6-5-11-8-20(13,9-14(11)23)17(16(12)19)18(25)26-2/h10-11,16-17H,3-9H2,1-2H3/p+1/b15-10+/t11-,16-,17-,19+,20-/m1/s1. The van der Waals surface area contributed by atoms with Gasteiger partial charge in [0.25, 0.3) is 0 Å². The Morgan fingerprint density at radius 3 is 2.88 bits per heavy atom. The molecule has 2 bridgehead atoms. The van der Waals surface area contributed by atoms with E-state index < -0.39 is 16.7 Å². The van der Waals surface area contributed by atoms with E-state index in [4.69, 9.17) is 10.1 Å². The average Bonchev–Trinajstić information content (AvgIpc) is 3.05. The third-order valence-corrected chi connectivity index (χ3v) is 7.64. The minimum Gasteiger partial charge on any atom is -0.505 e. The molecule has 6 heteroatoms. The summed E-state index contributed by atoms with van der Waals surface area (Å²) in [6.07, 6.45) is 6.44. The molecule has 4 rings (SSSR count). The molecule has 0 amide bonds. The number of methoxy groups -OCH3 is 1. The van der Waals surface area contributed by atoms with Crippen molar-refractivity contribution in [1.29, 1.82) is 5.39 Å². The quantitative estimate of drug-likeness (QED) is 0.350. The molecule has 0 aromatic carbocycles. The number of fused-ring (bicyclic) bond motifs is 2. The fourth-order valence-electron chi connectivity index (χ4n) is 6.59. The predicted octanol–water partition coefficient (Wildman–Crippen LogP) is 3.90. The van der Waals surface area contributed by atoms with E-state index in [1.807, 2.05) is 6.92 Å². The summed E-state index contributed by atoms with van der Waals surface area (Å²) >= 11 is 0. The van der Waals surface area contributed by atoms with E-state index in [1.165, 1.54) is 18.3 Å². The first-order chi connectivity index (χ1) is 12.4. The number of carbonyl (C=O) groups is 2. The van der Waals surface area contributed by atoms with Crippen LogP contribution in [0, 0.1) is 34.0 Å². The number of aliphatic hydroxyl groups excluding tert-OH is 1. The number of ketones is 1. The van der Waals surface area contributed by atoms with Crippen molar-refractivity contribution in [2.24, 2.45) is 28.6 Å². The molecule has 0 heterocycles. The highest BCUT2D eigenvalue weighted by Crippen LogP contribution is 2.70. The van der Waals surface area contributed by atoms with Crippen LogP contribution in [0.1, 0.15) is 51.9 Å². The summed E-state index contributed by atoms with van der Waals surface area (Å²) < 4.78 is 5.20. The second-order valence-electron chi connectivity index (χ2n) is 8.62. The summed E-state index contributed by atoms with van der Waals surface area (Å²) in [5, 5.41) is 19.6. The third-order valence-electron chi connectivity index (χ3n) is 7.64. The van der Waals surface area contributed by atoms with E-state index in [0.717, 1.165) is 38.3 Å². The molecule has 5 atom stereocenters. The lowest BCUT2D eigenvalue weighted by molar-refractivity contribution is -0.153. The van der Waals surface area contributed by atoms with Gasteiger partial charge in [-0.05, 0) is 38.5 Å². The maximum absolute atomic E-state index is 12.9. The van der Waals surface area contributed by atoms with E-state index in [2.05, 4.69) is 4.98 Å². The maximum Gasteiger partial charge on any atom is 0.387 e. The van der Waals surface area contributed by atoms with Crippen LogP contribution in [0.2, 0.25) is 0 Å². The molecular weight excluding hydrogens is 332 g/mol. The lowest BCUT2D eigenvalue weighted by atomic mass is 9.58. The second-order valence-corrected chi connectivity index (χ2v) is 8.62. The van der Waals surface area contributed by atoms with E-state index >= 15 is 0 Å². The van der Waals surface area contributed by atoms with Gasteiger partial charge in [0.05, 0.1) is 13.0 Å². The number of hydrogen-bond acceptors (Lipinski definition) is 5. The minimum absolute atomic E-state index is 0.00683. The number of Topliss-reactive ketones (excluding diaryl/α,β-unsaturated/α-hetero) is 1. The van der Waals surface area contributed by atoms with Gasteiger partial charge in [-0.25, -0.2) is 0 Å². The number of rotatable bonds is 2. The van der Waals surface area contributed by atoms with Crippen LogP contribution in [0.5, 0.6) is 0 Å². The molecule has 1 N–H and O–H groups in total. The largest absolute Gasteiger partial charge is 0.505 e. The molecule has 0 radical (unpaired) electrons. The summed E-state index contributed by atoms with van der Waals surface area (Å²) in [6, 6.07) is 0. The van der Waals surface area contributed by atoms with E-state index in [9.17, 15) is 14.7 Å². The number of nitrogens with zero attached hydrogens (tertiary/aromatic N) is 2. The summed E-state index contributed by atoms with van der Waals surface area (Å²) in [5.41, 5.74) is 1.38. The molecule has 0 aromatic heterocycles. The molecular formula is C20H25N2O4+. The number of hydrogen-bond donors (Lipinski definition) is 1. The number of esters is 1. The Labute approximate surface area is 152 Å². The first kappa shape index (κ1) is 17.3. The Morgan fingerprint density at radius 2 is 2.19 bits per heavy atom. The third kappa shape index (κ3) is 2.00. The topological polar surface area (TPSA) is 91.8 Å². The van der Waals surface area contributed by atoms with Crippen LogP contribution in [-0.4, -0.2) is 24.0 Å². The normalized spacial score (nSPS) is 41.5. The number of carbonyl (C=O) groups excluding carboxylic acids is 2. The van der Waals surface area contributed by atoms with Gasteiger partial charge in [0.15, 0.2) is 10.7 Å². The van der Waals surface area contributed by atoms with Crippen LogP contribution in [-0.2, 0) is 14.3 Å². The first-order valence-corrected chi connectivity index (χ1v) is 9.46. The molecule has 0 saturated heterocycles. The second kappa shape index (κ2) is 5.67. The summed E-state index contributed by atoms with van der Waals surface area (Å²) in [7, 11) is 1.40. The summed E-state index contributed by atoms with van der Waals surface area (Å²) in [4.78, 5) is 28.5. The monoisotopic (exact) mass is 357 g/mol.